The molecule has 1 amide bonds. The topological polar surface area (TPSA) is 51.0 Å². The normalized spacial score (nSPS) is 12.3. The Hall–Kier alpha value is -3.35. The van der Waals surface area contributed by atoms with Crippen molar-refractivity contribution in [3.05, 3.63) is 84.0 Å². The van der Waals surface area contributed by atoms with Crippen LogP contribution in [0.5, 0.6) is 0 Å². The van der Waals surface area contributed by atoms with Gasteiger partial charge in [-0.15, -0.1) is 0 Å². The molecule has 138 valence electrons. The number of carbonyl (C=O) groups excluding carboxylic acids is 1. The van der Waals surface area contributed by atoms with Crippen molar-refractivity contribution in [1.82, 2.24) is 19.7 Å². The molecule has 1 heterocycles. The molecule has 0 saturated heterocycles. The fourth-order valence-corrected chi connectivity index (χ4v) is 2.60. The van der Waals surface area contributed by atoms with Gasteiger partial charge in [0.25, 0.3) is 0 Å². The zero-order valence-electron chi connectivity index (χ0n) is 14.9. The van der Waals surface area contributed by atoms with Crippen molar-refractivity contribution < 1.29 is 13.6 Å². The number of likely N-dealkylation sites (N-methyl/N-ethyl adjacent to an activating group) is 1. The molecule has 0 N–H and O–H groups in total. The fourth-order valence-electron chi connectivity index (χ4n) is 2.60. The Kier molecular flexibility index (Phi) is 5.40. The van der Waals surface area contributed by atoms with Gasteiger partial charge in [-0.05, 0) is 42.8 Å². The molecule has 27 heavy (non-hydrogen) atoms. The second-order valence-corrected chi connectivity index (χ2v) is 6.03. The Morgan fingerprint density at radius 2 is 1.81 bits per heavy atom. The van der Waals surface area contributed by atoms with Gasteiger partial charge in [0.05, 0.1) is 11.7 Å². The molecule has 0 saturated carbocycles. The highest BCUT2D eigenvalue weighted by Gasteiger charge is 2.16. The van der Waals surface area contributed by atoms with Gasteiger partial charge < -0.3 is 4.90 Å². The van der Waals surface area contributed by atoms with Crippen molar-refractivity contribution in [1.29, 1.82) is 0 Å². The summed E-state index contributed by atoms with van der Waals surface area (Å²) in [5.41, 5.74) is 1.54. The van der Waals surface area contributed by atoms with Crippen LogP contribution in [0.4, 0.5) is 8.78 Å². The first-order valence-electron chi connectivity index (χ1n) is 8.31. The molecular weight excluding hydrogens is 350 g/mol. The van der Waals surface area contributed by atoms with Gasteiger partial charge in [-0.2, -0.15) is 5.10 Å². The molecule has 1 aromatic heterocycles. The number of halogens is 2. The van der Waals surface area contributed by atoms with E-state index in [1.165, 1.54) is 23.4 Å². The van der Waals surface area contributed by atoms with Crippen molar-refractivity contribution in [2.75, 3.05) is 7.05 Å². The van der Waals surface area contributed by atoms with Crippen molar-refractivity contribution in [3.63, 3.8) is 0 Å². The standard InChI is InChI=1S/C20H18F2N4O/c1-14(15-6-8-16(9-7-15)26-13-23-12-24-26)25(2)20(27)11-10-17-18(21)4-3-5-19(17)22/h3-14H,1-2H3/b11-10+/t14-/m1/s1. The van der Waals surface area contributed by atoms with Crippen LogP contribution in [-0.4, -0.2) is 32.6 Å². The molecule has 0 unspecified atom stereocenters. The molecule has 3 rings (SSSR count). The van der Waals surface area contributed by atoms with Crippen LogP contribution in [-0.2, 0) is 4.79 Å². The Morgan fingerprint density at radius 3 is 2.41 bits per heavy atom. The Balaban J connectivity index is 1.72. The molecule has 0 bridgehead atoms. The van der Waals surface area contributed by atoms with Gasteiger partial charge in [0.2, 0.25) is 5.91 Å². The van der Waals surface area contributed by atoms with Gasteiger partial charge in [0, 0.05) is 18.7 Å². The minimum Gasteiger partial charge on any atom is -0.335 e. The van der Waals surface area contributed by atoms with Crippen LogP contribution in [0, 0.1) is 11.6 Å². The Labute approximate surface area is 155 Å². The maximum absolute atomic E-state index is 13.7. The summed E-state index contributed by atoms with van der Waals surface area (Å²) in [4.78, 5) is 17.8. The zero-order chi connectivity index (χ0) is 19.4. The van der Waals surface area contributed by atoms with Gasteiger partial charge in [0.15, 0.2) is 0 Å². The van der Waals surface area contributed by atoms with Crippen LogP contribution in [0.25, 0.3) is 11.8 Å². The monoisotopic (exact) mass is 368 g/mol. The summed E-state index contributed by atoms with van der Waals surface area (Å²) in [5, 5.41) is 4.06. The Morgan fingerprint density at radius 1 is 1.15 bits per heavy atom. The lowest BCUT2D eigenvalue weighted by molar-refractivity contribution is -0.126. The van der Waals surface area contributed by atoms with Gasteiger partial charge in [-0.3, -0.25) is 4.79 Å². The van der Waals surface area contributed by atoms with E-state index >= 15 is 0 Å². The highest BCUT2D eigenvalue weighted by molar-refractivity contribution is 5.92. The first kappa shape index (κ1) is 18.4. The highest BCUT2D eigenvalue weighted by atomic mass is 19.1. The summed E-state index contributed by atoms with van der Waals surface area (Å²) in [6, 6.07) is 10.9. The highest BCUT2D eigenvalue weighted by Crippen LogP contribution is 2.21. The number of nitrogens with zero attached hydrogens (tertiary/aromatic N) is 4. The molecule has 3 aromatic rings. The maximum atomic E-state index is 13.7. The van der Waals surface area contributed by atoms with E-state index in [9.17, 15) is 13.6 Å². The number of rotatable bonds is 5. The van der Waals surface area contributed by atoms with E-state index in [0.717, 1.165) is 29.5 Å². The zero-order valence-corrected chi connectivity index (χ0v) is 14.9. The lowest BCUT2D eigenvalue weighted by Crippen LogP contribution is -2.28. The summed E-state index contributed by atoms with van der Waals surface area (Å²) in [7, 11) is 1.64. The predicted molar refractivity (Wildman–Crippen MR) is 97.9 cm³/mol. The first-order chi connectivity index (χ1) is 13.0. The lowest BCUT2D eigenvalue weighted by Gasteiger charge is -2.24. The average molecular weight is 368 g/mol. The number of aromatic nitrogens is 3. The average Bonchev–Trinajstić information content (AvgIpc) is 3.21. The van der Waals surface area contributed by atoms with Crippen LogP contribution in [0.15, 0.2) is 61.2 Å². The van der Waals surface area contributed by atoms with Crippen LogP contribution in [0.2, 0.25) is 0 Å². The second-order valence-electron chi connectivity index (χ2n) is 6.03. The fraction of sp³-hybridized carbons (Fsp3) is 0.150. The SMILES string of the molecule is C[C@H](c1ccc(-n2cncn2)cc1)N(C)C(=O)/C=C/c1c(F)cccc1F. The van der Waals surface area contributed by atoms with Gasteiger partial charge in [-0.25, -0.2) is 18.4 Å². The minimum absolute atomic E-state index is 0.225. The quantitative estimate of drug-likeness (QED) is 0.644. The van der Waals surface area contributed by atoms with Crippen molar-refractivity contribution in [2.45, 2.75) is 13.0 Å². The van der Waals surface area contributed by atoms with Gasteiger partial charge >= 0.3 is 0 Å². The van der Waals surface area contributed by atoms with E-state index in [1.807, 2.05) is 31.2 Å². The van der Waals surface area contributed by atoms with E-state index in [0.29, 0.717) is 0 Å². The van der Waals surface area contributed by atoms with E-state index in [4.69, 9.17) is 0 Å². The molecule has 0 fully saturated rings. The molecule has 0 aliphatic carbocycles. The Bertz CT molecular complexity index is 932. The predicted octanol–water partition coefficient (Wildman–Crippen LogP) is 3.78. The third kappa shape index (κ3) is 4.08. The van der Waals surface area contributed by atoms with Crippen LogP contribution < -0.4 is 0 Å². The number of hydrogen-bond donors (Lipinski definition) is 0. The molecule has 1 atom stereocenters. The van der Waals surface area contributed by atoms with E-state index < -0.39 is 11.6 Å². The van der Waals surface area contributed by atoms with E-state index in [-0.39, 0.29) is 17.5 Å². The van der Waals surface area contributed by atoms with Crippen LogP contribution >= 0.6 is 0 Å². The summed E-state index contributed by atoms with van der Waals surface area (Å²) in [5.74, 6) is -1.78. The molecular formula is C20H18F2N4O. The van der Waals surface area contributed by atoms with E-state index in [1.54, 1.807) is 18.1 Å². The molecule has 0 radical (unpaired) electrons. The maximum Gasteiger partial charge on any atom is 0.246 e. The number of hydrogen-bond acceptors (Lipinski definition) is 3. The molecule has 0 aliphatic rings. The third-order valence-corrected chi connectivity index (χ3v) is 4.38. The van der Waals surface area contributed by atoms with Gasteiger partial charge in [-0.1, -0.05) is 18.2 Å². The van der Waals surface area contributed by atoms with Crippen molar-refractivity contribution in [3.8, 4) is 5.69 Å². The minimum atomic E-state index is -0.710. The molecule has 5 nitrogen and oxygen atoms in total. The molecule has 7 heteroatoms. The molecule has 2 aromatic carbocycles. The van der Waals surface area contributed by atoms with Crippen LogP contribution in [0.3, 0.4) is 0 Å². The summed E-state index contributed by atoms with van der Waals surface area (Å²) in [6.45, 7) is 1.87. The number of amides is 1. The van der Waals surface area contributed by atoms with Crippen molar-refractivity contribution >= 4 is 12.0 Å². The third-order valence-electron chi connectivity index (χ3n) is 4.38. The molecule has 0 aliphatic heterocycles. The number of benzene rings is 2. The summed E-state index contributed by atoms with van der Waals surface area (Å²) >= 11 is 0. The molecule has 0 spiro atoms. The van der Waals surface area contributed by atoms with Gasteiger partial charge in [0.1, 0.15) is 24.3 Å². The number of carbonyl (C=O) groups is 1. The van der Waals surface area contributed by atoms with E-state index in [2.05, 4.69) is 10.1 Å². The largest absolute Gasteiger partial charge is 0.335 e. The summed E-state index contributed by atoms with van der Waals surface area (Å²) in [6.07, 6.45) is 5.38. The first-order valence-corrected chi connectivity index (χ1v) is 8.31. The van der Waals surface area contributed by atoms with Crippen LogP contribution in [0.1, 0.15) is 24.1 Å². The lowest BCUT2D eigenvalue weighted by atomic mass is 10.1. The van der Waals surface area contributed by atoms with Crippen molar-refractivity contribution in [2.24, 2.45) is 0 Å². The smallest absolute Gasteiger partial charge is 0.246 e. The second kappa shape index (κ2) is 7.90. The summed E-state index contributed by atoms with van der Waals surface area (Å²) < 4.78 is 28.9.